The topological polar surface area (TPSA) is 82.5 Å². The van der Waals surface area contributed by atoms with Crippen molar-refractivity contribution in [3.63, 3.8) is 0 Å². The van der Waals surface area contributed by atoms with Gasteiger partial charge in [0.1, 0.15) is 6.04 Å². The third-order valence-electron chi connectivity index (χ3n) is 5.20. The predicted molar refractivity (Wildman–Crippen MR) is 129 cm³/mol. The Balaban J connectivity index is 1.72. The molecule has 1 aromatic heterocycles. The van der Waals surface area contributed by atoms with Gasteiger partial charge in [-0.2, -0.15) is 0 Å². The van der Waals surface area contributed by atoms with Gasteiger partial charge in [0, 0.05) is 29.6 Å². The second-order valence-electron chi connectivity index (χ2n) is 7.89. The molecule has 2 N–H and O–H groups in total. The second kappa shape index (κ2) is 10.9. The molecule has 0 radical (unpaired) electrons. The van der Waals surface area contributed by atoms with E-state index in [1.54, 1.807) is 23.5 Å². The summed E-state index contributed by atoms with van der Waals surface area (Å²) < 4.78 is 0. The van der Waals surface area contributed by atoms with Crippen molar-refractivity contribution in [1.82, 2.24) is 10.3 Å². The highest BCUT2D eigenvalue weighted by atomic mass is 32.1. The van der Waals surface area contributed by atoms with Crippen molar-refractivity contribution in [3.05, 3.63) is 70.6 Å². The molecule has 168 valence electrons. The zero-order valence-corrected chi connectivity index (χ0v) is 19.5. The van der Waals surface area contributed by atoms with Crippen LogP contribution in [0.5, 0.6) is 0 Å². The predicted octanol–water partition coefficient (Wildman–Crippen LogP) is 5.13. The second-order valence-corrected chi connectivity index (χ2v) is 8.72. The van der Waals surface area contributed by atoms with E-state index >= 15 is 0 Å². The van der Waals surface area contributed by atoms with E-state index in [1.807, 2.05) is 12.1 Å². The first-order valence-corrected chi connectivity index (χ1v) is 11.7. The summed E-state index contributed by atoms with van der Waals surface area (Å²) in [6.45, 7) is 7.27. The van der Waals surface area contributed by atoms with Gasteiger partial charge in [-0.3, -0.25) is 9.59 Å². The van der Waals surface area contributed by atoms with E-state index in [0.29, 0.717) is 12.1 Å². The fourth-order valence-corrected chi connectivity index (χ4v) is 4.04. The van der Waals surface area contributed by atoms with Crippen LogP contribution in [0, 0.1) is 6.92 Å². The average molecular weight is 452 g/mol. The number of rotatable bonds is 10. The van der Waals surface area contributed by atoms with Gasteiger partial charge in [0.25, 0.3) is 5.91 Å². The van der Waals surface area contributed by atoms with Crippen molar-refractivity contribution in [2.75, 3.05) is 11.4 Å². The molecule has 1 unspecified atom stereocenters. The summed E-state index contributed by atoms with van der Waals surface area (Å²) in [5.41, 5.74) is 4.82. The van der Waals surface area contributed by atoms with Gasteiger partial charge in [-0.25, -0.2) is 4.98 Å². The van der Waals surface area contributed by atoms with Crippen molar-refractivity contribution in [2.45, 2.75) is 46.2 Å². The van der Waals surface area contributed by atoms with E-state index in [0.717, 1.165) is 41.3 Å². The van der Waals surface area contributed by atoms with E-state index in [1.165, 1.54) is 12.5 Å². The standard InChI is InChI=1S/C25H29N3O3S/c1-4-5-14-28(25-27-22(16-32-25)20-10-6-17(2)7-11-20)15-19-8-12-21(13-9-19)23(29)26-18(3)24(30)31/h6-13,16,18H,4-5,14-15H2,1-3H3,(H,26,29)(H,30,31). The van der Waals surface area contributed by atoms with Crippen molar-refractivity contribution in [1.29, 1.82) is 0 Å². The molecule has 1 amide bonds. The van der Waals surface area contributed by atoms with Crippen molar-refractivity contribution in [3.8, 4) is 11.3 Å². The molecule has 0 aliphatic rings. The molecule has 3 rings (SSSR count). The number of carbonyl (C=O) groups is 2. The minimum Gasteiger partial charge on any atom is -0.480 e. The fourth-order valence-electron chi connectivity index (χ4n) is 3.18. The number of aryl methyl sites for hydroxylation is 1. The molecule has 1 heterocycles. The summed E-state index contributed by atoms with van der Waals surface area (Å²) in [5.74, 6) is -1.45. The van der Waals surface area contributed by atoms with Crippen molar-refractivity contribution >= 4 is 28.3 Å². The maximum Gasteiger partial charge on any atom is 0.325 e. The maximum absolute atomic E-state index is 12.2. The van der Waals surface area contributed by atoms with Crippen LogP contribution in [-0.4, -0.2) is 34.6 Å². The Bertz CT molecular complexity index is 1050. The lowest BCUT2D eigenvalue weighted by molar-refractivity contribution is -0.138. The highest BCUT2D eigenvalue weighted by Crippen LogP contribution is 2.29. The number of carboxylic acids is 1. The van der Waals surface area contributed by atoms with Gasteiger partial charge >= 0.3 is 5.97 Å². The number of hydrogen-bond donors (Lipinski definition) is 2. The number of amides is 1. The fraction of sp³-hybridized carbons (Fsp3) is 0.320. The third-order valence-corrected chi connectivity index (χ3v) is 6.10. The van der Waals surface area contributed by atoms with Gasteiger partial charge in [-0.05, 0) is 38.0 Å². The van der Waals surface area contributed by atoms with E-state index in [2.05, 4.69) is 53.7 Å². The van der Waals surface area contributed by atoms with E-state index < -0.39 is 17.9 Å². The molecule has 0 aliphatic carbocycles. The van der Waals surface area contributed by atoms with Gasteiger partial charge in [-0.15, -0.1) is 11.3 Å². The molecule has 0 spiro atoms. The Hall–Kier alpha value is -3.19. The summed E-state index contributed by atoms with van der Waals surface area (Å²) in [4.78, 5) is 30.3. The summed E-state index contributed by atoms with van der Waals surface area (Å²) in [7, 11) is 0. The first-order valence-electron chi connectivity index (χ1n) is 10.8. The van der Waals surface area contributed by atoms with Crippen LogP contribution in [0.3, 0.4) is 0 Å². The number of thiazole rings is 1. The SMILES string of the molecule is CCCCN(Cc1ccc(C(=O)NC(C)C(=O)O)cc1)c1nc(-c2ccc(C)cc2)cs1. The molecule has 0 aliphatic heterocycles. The van der Waals surface area contributed by atoms with Gasteiger partial charge in [0.15, 0.2) is 5.13 Å². The molecule has 6 nitrogen and oxygen atoms in total. The molecule has 0 bridgehead atoms. The Kier molecular flexibility index (Phi) is 8.00. The monoisotopic (exact) mass is 451 g/mol. The summed E-state index contributed by atoms with van der Waals surface area (Å²) in [6, 6.07) is 14.7. The zero-order valence-electron chi connectivity index (χ0n) is 18.7. The number of carbonyl (C=O) groups excluding carboxylic acids is 1. The number of anilines is 1. The lowest BCUT2D eigenvalue weighted by atomic mass is 10.1. The summed E-state index contributed by atoms with van der Waals surface area (Å²) in [6.07, 6.45) is 2.15. The highest BCUT2D eigenvalue weighted by molar-refractivity contribution is 7.14. The smallest absolute Gasteiger partial charge is 0.325 e. The molecule has 32 heavy (non-hydrogen) atoms. The molecule has 0 saturated heterocycles. The number of aliphatic carboxylic acids is 1. The van der Waals surface area contributed by atoms with Crippen LogP contribution < -0.4 is 10.2 Å². The molecule has 2 aromatic carbocycles. The molecule has 3 aromatic rings. The summed E-state index contributed by atoms with van der Waals surface area (Å²) in [5, 5.41) is 14.5. The van der Waals surface area contributed by atoms with Crippen LogP contribution in [0.15, 0.2) is 53.9 Å². The average Bonchev–Trinajstić information content (AvgIpc) is 3.27. The van der Waals surface area contributed by atoms with Crippen LogP contribution in [0.2, 0.25) is 0 Å². The lowest BCUT2D eigenvalue weighted by Crippen LogP contribution is -2.38. The molecular weight excluding hydrogens is 422 g/mol. The number of unbranched alkanes of at least 4 members (excludes halogenated alkanes) is 1. The van der Waals surface area contributed by atoms with Gasteiger partial charge < -0.3 is 15.3 Å². The highest BCUT2D eigenvalue weighted by Gasteiger charge is 2.16. The maximum atomic E-state index is 12.2. The zero-order chi connectivity index (χ0) is 23.1. The molecule has 0 saturated carbocycles. The quantitative estimate of drug-likeness (QED) is 0.447. The van der Waals surface area contributed by atoms with E-state index in [9.17, 15) is 9.59 Å². The molecular formula is C25H29N3O3S. The van der Waals surface area contributed by atoms with Crippen LogP contribution in [-0.2, 0) is 11.3 Å². The van der Waals surface area contributed by atoms with Gasteiger partial charge in [-0.1, -0.05) is 55.3 Å². The van der Waals surface area contributed by atoms with E-state index in [4.69, 9.17) is 10.1 Å². The number of nitrogens with one attached hydrogen (secondary N) is 1. The number of benzene rings is 2. The number of carboxylic acid groups (broad SMARTS) is 1. The Labute approximate surface area is 192 Å². The van der Waals surface area contributed by atoms with Crippen molar-refractivity contribution in [2.24, 2.45) is 0 Å². The normalized spacial score (nSPS) is 11.7. The first-order chi connectivity index (χ1) is 15.4. The molecule has 7 heteroatoms. The minimum absolute atomic E-state index is 0.392. The van der Waals surface area contributed by atoms with Gasteiger partial charge in [0.05, 0.1) is 5.69 Å². The third kappa shape index (κ3) is 6.17. The van der Waals surface area contributed by atoms with E-state index in [-0.39, 0.29) is 0 Å². The Morgan fingerprint density at radius 1 is 1.12 bits per heavy atom. The van der Waals surface area contributed by atoms with Crippen molar-refractivity contribution < 1.29 is 14.7 Å². The van der Waals surface area contributed by atoms with Gasteiger partial charge in [0.2, 0.25) is 0 Å². The Morgan fingerprint density at radius 2 is 1.81 bits per heavy atom. The minimum atomic E-state index is -1.06. The number of hydrogen-bond acceptors (Lipinski definition) is 5. The molecule has 1 atom stereocenters. The lowest BCUT2D eigenvalue weighted by Gasteiger charge is -2.22. The number of nitrogens with zero attached hydrogens (tertiary/aromatic N) is 2. The first kappa shape index (κ1) is 23.5. The molecule has 0 fully saturated rings. The Morgan fingerprint density at radius 3 is 2.44 bits per heavy atom. The van der Waals surface area contributed by atoms with Crippen LogP contribution >= 0.6 is 11.3 Å². The van der Waals surface area contributed by atoms with Crippen LogP contribution in [0.4, 0.5) is 5.13 Å². The van der Waals surface area contributed by atoms with Crippen LogP contribution in [0.25, 0.3) is 11.3 Å². The van der Waals surface area contributed by atoms with Crippen LogP contribution in [0.1, 0.15) is 48.2 Å². The summed E-state index contributed by atoms with van der Waals surface area (Å²) >= 11 is 1.64. The largest absolute Gasteiger partial charge is 0.480 e. The number of aromatic nitrogens is 1.